The van der Waals surface area contributed by atoms with Crippen molar-refractivity contribution in [1.29, 1.82) is 5.26 Å². The Labute approximate surface area is 125 Å². The van der Waals surface area contributed by atoms with E-state index in [1.54, 1.807) is 23.7 Å². The second-order valence-corrected chi connectivity index (χ2v) is 6.27. The molecule has 0 saturated carbocycles. The minimum atomic E-state index is 0.119. The monoisotopic (exact) mass is 288 g/mol. The first-order valence-corrected chi connectivity index (χ1v) is 8.05. The molecule has 1 aliphatic rings. The van der Waals surface area contributed by atoms with Crippen LogP contribution < -0.4 is 0 Å². The minimum Gasteiger partial charge on any atom is -0.345 e. The second kappa shape index (κ2) is 7.35. The molecule has 0 unspecified atom stereocenters. The van der Waals surface area contributed by atoms with Gasteiger partial charge in [0.2, 0.25) is 5.91 Å². The zero-order valence-electron chi connectivity index (χ0n) is 11.9. The largest absolute Gasteiger partial charge is 0.345 e. The van der Waals surface area contributed by atoms with Gasteiger partial charge in [0.05, 0.1) is 12.5 Å². The summed E-state index contributed by atoms with van der Waals surface area (Å²) in [5.41, 5.74) is 2.97. The van der Waals surface area contributed by atoms with Gasteiger partial charge >= 0.3 is 0 Å². The molecule has 1 aromatic carbocycles. The maximum absolute atomic E-state index is 11.8. The van der Waals surface area contributed by atoms with Crippen LogP contribution in [0.3, 0.4) is 0 Å². The molecule has 1 aromatic rings. The molecule has 0 bridgehead atoms. The van der Waals surface area contributed by atoms with Crippen LogP contribution in [0.25, 0.3) is 0 Å². The van der Waals surface area contributed by atoms with E-state index in [9.17, 15) is 4.79 Å². The van der Waals surface area contributed by atoms with Crippen molar-refractivity contribution < 1.29 is 4.79 Å². The van der Waals surface area contributed by atoms with Gasteiger partial charge in [0.25, 0.3) is 0 Å². The Bertz CT molecular complexity index is 522. The van der Waals surface area contributed by atoms with Crippen LogP contribution in [-0.2, 0) is 17.6 Å². The maximum atomic E-state index is 11.8. The number of nitriles is 1. The first-order valence-electron chi connectivity index (χ1n) is 7.06. The molecule has 0 atom stereocenters. The fourth-order valence-electron chi connectivity index (χ4n) is 2.43. The zero-order chi connectivity index (χ0) is 14.4. The van der Waals surface area contributed by atoms with Gasteiger partial charge in [-0.25, -0.2) is 0 Å². The molecule has 2 rings (SSSR count). The summed E-state index contributed by atoms with van der Waals surface area (Å²) < 4.78 is 0. The molecule has 0 heterocycles. The number of aryl methyl sites for hydroxylation is 2. The van der Waals surface area contributed by atoms with Crippen molar-refractivity contribution in [2.45, 2.75) is 37.0 Å². The summed E-state index contributed by atoms with van der Waals surface area (Å²) in [7, 11) is 1.76. The van der Waals surface area contributed by atoms with E-state index in [1.807, 2.05) is 0 Å². The smallest absolute Gasteiger partial charge is 0.223 e. The summed E-state index contributed by atoms with van der Waals surface area (Å²) in [6.07, 6.45) is 4.61. The van der Waals surface area contributed by atoms with Gasteiger partial charge in [-0.3, -0.25) is 4.79 Å². The number of thioether (sulfide) groups is 1. The van der Waals surface area contributed by atoms with E-state index in [2.05, 4.69) is 24.3 Å². The Hall–Kier alpha value is -1.47. The first-order chi connectivity index (χ1) is 9.70. The molecule has 0 aromatic heterocycles. The highest BCUT2D eigenvalue weighted by molar-refractivity contribution is 7.99. The number of carbonyl (C=O) groups is 1. The van der Waals surface area contributed by atoms with Gasteiger partial charge in [-0.05, 0) is 42.5 Å². The van der Waals surface area contributed by atoms with Crippen molar-refractivity contribution in [1.82, 2.24) is 4.90 Å². The van der Waals surface area contributed by atoms with Crippen molar-refractivity contribution in [3.63, 3.8) is 0 Å². The number of amides is 1. The maximum Gasteiger partial charge on any atom is 0.223 e. The second-order valence-electron chi connectivity index (χ2n) is 5.11. The molecule has 0 aliphatic heterocycles. The molecule has 1 aliphatic carbocycles. The molecule has 20 heavy (non-hydrogen) atoms. The van der Waals surface area contributed by atoms with E-state index in [1.165, 1.54) is 35.3 Å². The molecule has 0 fully saturated rings. The van der Waals surface area contributed by atoms with E-state index in [-0.39, 0.29) is 5.91 Å². The molecule has 1 amide bonds. The average Bonchev–Trinajstić information content (AvgIpc) is 2.92. The predicted octanol–water partition coefficient (Wildman–Crippen LogP) is 3.03. The van der Waals surface area contributed by atoms with E-state index in [4.69, 9.17) is 5.26 Å². The Morgan fingerprint density at radius 1 is 1.40 bits per heavy atom. The number of nitrogens with zero attached hydrogens (tertiary/aromatic N) is 2. The number of fused-ring (bicyclic) bond motifs is 1. The Morgan fingerprint density at radius 3 is 3.00 bits per heavy atom. The molecular formula is C16H20N2OS. The summed E-state index contributed by atoms with van der Waals surface area (Å²) in [5, 5.41) is 8.51. The summed E-state index contributed by atoms with van der Waals surface area (Å²) in [6, 6.07) is 8.73. The van der Waals surface area contributed by atoms with Crippen LogP contribution >= 0.6 is 11.8 Å². The molecule has 0 radical (unpaired) electrons. The van der Waals surface area contributed by atoms with Crippen LogP contribution in [0.15, 0.2) is 23.1 Å². The van der Waals surface area contributed by atoms with Crippen LogP contribution in [0, 0.1) is 11.3 Å². The quantitative estimate of drug-likeness (QED) is 0.756. The number of carbonyl (C=O) groups excluding carboxylic acids is 1. The molecule has 0 spiro atoms. The Kier molecular flexibility index (Phi) is 5.49. The van der Waals surface area contributed by atoms with Crippen molar-refractivity contribution in [2.75, 3.05) is 19.3 Å². The van der Waals surface area contributed by atoms with Gasteiger partial charge in [0.15, 0.2) is 0 Å². The van der Waals surface area contributed by atoms with E-state index in [0.29, 0.717) is 19.4 Å². The summed E-state index contributed by atoms with van der Waals surface area (Å²) >= 11 is 1.74. The third-order valence-corrected chi connectivity index (χ3v) is 4.63. The Morgan fingerprint density at radius 2 is 2.20 bits per heavy atom. The van der Waals surface area contributed by atoms with Gasteiger partial charge in [-0.2, -0.15) is 5.26 Å². The van der Waals surface area contributed by atoms with Crippen LogP contribution in [0.1, 0.15) is 30.4 Å². The van der Waals surface area contributed by atoms with E-state index < -0.39 is 0 Å². The van der Waals surface area contributed by atoms with E-state index >= 15 is 0 Å². The highest BCUT2D eigenvalue weighted by Gasteiger charge is 2.12. The summed E-state index contributed by atoms with van der Waals surface area (Å²) in [4.78, 5) is 14.7. The highest BCUT2D eigenvalue weighted by atomic mass is 32.2. The summed E-state index contributed by atoms with van der Waals surface area (Å²) in [6.45, 7) is 0.527. The Balaban J connectivity index is 1.76. The van der Waals surface area contributed by atoms with Crippen LogP contribution in [0.4, 0.5) is 0 Å². The van der Waals surface area contributed by atoms with Crippen LogP contribution in [0.5, 0.6) is 0 Å². The lowest BCUT2D eigenvalue weighted by molar-refractivity contribution is -0.129. The van der Waals surface area contributed by atoms with Crippen molar-refractivity contribution in [2.24, 2.45) is 0 Å². The van der Waals surface area contributed by atoms with Crippen LogP contribution in [-0.4, -0.2) is 30.2 Å². The number of hydrogen-bond donors (Lipinski definition) is 0. The lowest BCUT2D eigenvalue weighted by atomic mass is 10.1. The fourth-order valence-corrected chi connectivity index (χ4v) is 3.33. The molecule has 0 saturated heterocycles. The normalized spacial score (nSPS) is 12.8. The van der Waals surface area contributed by atoms with Gasteiger partial charge in [-0.1, -0.05) is 6.07 Å². The zero-order valence-corrected chi connectivity index (χ0v) is 12.7. The third-order valence-electron chi connectivity index (χ3n) is 3.64. The molecule has 3 nitrogen and oxygen atoms in total. The molecular weight excluding hydrogens is 268 g/mol. The van der Waals surface area contributed by atoms with E-state index in [0.717, 1.165) is 5.75 Å². The topological polar surface area (TPSA) is 44.1 Å². The predicted molar refractivity (Wildman–Crippen MR) is 81.7 cm³/mol. The van der Waals surface area contributed by atoms with Crippen LogP contribution in [0.2, 0.25) is 0 Å². The lowest BCUT2D eigenvalue weighted by Gasteiger charge is -2.15. The minimum absolute atomic E-state index is 0.119. The lowest BCUT2D eigenvalue weighted by Crippen LogP contribution is -2.27. The molecule has 0 N–H and O–H groups in total. The first kappa shape index (κ1) is 14.9. The standard InChI is InChI=1S/C16H20N2OS/c1-18(10-3-9-17)16(19)8-11-20-15-7-6-13-4-2-5-14(13)12-15/h6-7,12H,2-5,8,10-11H2,1H3. The molecule has 4 heteroatoms. The number of rotatable bonds is 6. The molecule has 106 valence electrons. The van der Waals surface area contributed by atoms with Gasteiger partial charge in [-0.15, -0.1) is 11.8 Å². The van der Waals surface area contributed by atoms with Crippen molar-refractivity contribution >= 4 is 17.7 Å². The van der Waals surface area contributed by atoms with Gasteiger partial charge < -0.3 is 4.90 Å². The van der Waals surface area contributed by atoms with Gasteiger partial charge in [0.1, 0.15) is 0 Å². The fraction of sp³-hybridized carbons (Fsp3) is 0.500. The third kappa shape index (κ3) is 4.01. The summed E-state index contributed by atoms with van der Waals surface area (Å²) in [5.74, 6) is 0.919. The number of benzene rings is 1. The SMILES string of the molecule is CN(CCC#N)C(=O)CCSc1ccc2c(c1)CCC2. The highest BCUT2D eigenvalue weighted by Crippen LogP contribution is 2.27. The van der Waals surface area contributed by atoms with Gasteiger partial charge in [0, 0.05) is 30.7 Å². The van der Waals surface area contributed by atoms with Crippen molar-refractivity contribution in [3.05, 3.63) is 29.3 Å². The average molecular weight is 288 g/mol. The number of hydrogen-bond acceptors (Lipinski definition) is 3. The van der Waals surface area contributed by atoms with Crippen molar-refractivity contribution in [3.8, 4) is 6.07 Å².